The normalized spacial score (nSPS) is 17.1. The van der Waals surface area contributed by atoms with Crippen molar-refractivity contribution in [2.75, 3.05) is 24.8 Å². The van der Waals surface area contributed by atoms with E-state index >= 15 is 0 Å². The lowest BCUT2D eigenvalue weighted by molar-refractivity contribution is -0.125. The van der Waals surface area contributed by atoms with Crippen LogP contribution < -0.4 is 19.7 Å². The van der Waals surface area contributed by atoms with Gasteiger partial charge in [-0.1, -0.05) is 6.07 Å². The molecule has 4 heterocycles. The van der Waals surface area contributed by atoms with E-state index in [-0.39, 0.29) is 24.4 Å². The fourth-order valence-corrected chi connectivity index (χ4v) is 4.68. The zero-order valence-electron chi connectivity index (χ0n) is 19.0. The SMILES string of the molecule is O=C(NCc1ccc2c(c1)OCO2)C1CCCN(c2nccn3nc(-c4ccc(F)cc4)cc23)C1. The molecular weight excluding hydrogens is 449 g/mol. The Balaban J connectivity index is 1.17. The number of hydrogen-bond donors (Lipinski definition) is 1. The molecular formula is C26H24FN5O3. The Labute approximate surface area is 201 Å². The molecule has 2 aliphatic rings. The van der Waals surface area contributed by atoms with E-state index in [2.05, 4.69) is 20.3 Å². The van der Waals surface area contributed by atoms with Gasteiger partial charge in [0.2, 0.25) is 12.7 Å². The molecule has 1 fully saturated rings. The number of amides is 1. The number of ether oxygens (including phenoxy) is 2. The maximum absolute atomic E-state index is 13.3. The number of hydrogen-bond acceptors (Lipinski definition) is 6. The van der Waals surface area contributed by atoms with Crippen LogP contribution in [0.4, 0.5) is 10.2 Å². The van der Waals surface area contributed by atoms with Gasteiger partial charge in [-0.05, 0) is 60.9 Å². The van der Waals surface area contributed by atoms with Gasteiger partial charge in [-0.25, -0.2) is 13.9 Å². The predicted octanol–water partition coefficient (Wildman–Crippen LogP) is 3.80. The third-order valence-corrected chi connectivity index (χ3v) is 6.50. The standard InChI is InChI=1S/C26H24FN5O3/c27-20-6-4-18(5-7-20)21-13-22-25(28-9-11-32(22)30-21)31-10-1-2-19(15-31)26(33)29-14-17-3-8-23-24(12-17)35-16-34-23/h3-9,11-13,19H,1-2,10,14-16H2,(H,29,33). The predicted molar refractivity (Wildman–Crippen MR) is 128 cm³/mol. The number of piperidine rings is 1. The monoisotopic (exact) mass is 473 g/mol. The number of nitrogens with one attached hydrogen (secondary N) is 1. The second-order valence-electron chi connectivity index (χ2n) is 8.81. The van der Waals surface area contributed by atoms with Crippen LogP contribution in [0.3, 0.4) is 0 Å². The van der Waals surface area contributed by atoms with Crippen LogP contribution in [0.1, 0.15) is 18.4 Å². The van der Waals surface area contributed by atoms with Crippen LogP contribution in [0.25, 0.3) is 16.8 Å². The Morgan fingerprint density at radius 2 is 1.97 bits per heavy atom. The summed E-state index contributed by atoms with van der Waals surface area (Å²) in [6.45, 7) is 2.06. The fourth-order valence-electron chi connectivity index (χ4n) is 4.68. The van der Waals surface area contributed by atoms with Gasteiger partial charge < -0.3 is 19.7 Å². The molecule has 0 saturated carbocycles. The lowest BCUT2D eigenvalue weighted by atomic mass is 9.97. The third kappa shape index (κ3) is 4.25. The Kier molecular flexibility index (Phi) is 5.44. The molecule has 8 nitrogen and oxygen atoms in total. The zero-order chi connectivity index (χ0) is 23.8. The van der Waals surface area contributed by atoms with Crippen molar-refractivity contribution in [2.24, 2.45) is 5.92 Å². The lowest BCUT2D eigenvalue weighted by Crippen LogP contribution is -2.43. The van der Waals surface area contributed by atoms with Crippen molar-refractivity contribution in [3.63, 3.8) is 0 Å². The smallest absolute Gasteiger partial charge is 0.231 e. The van der Waals surface area contributed by atoms with Crippen molar-refractivity contribution in [3.8, 4) is 22.8 Å². The Morgan fingerprint density at radius 1 is 1.11 bits per heavy atom. The molecule has 0 spiro atoms. The summed E-state index contributed by atoms with van der Waals surface area (Å²) in [5.41, 5.74) is 3.40. The summed E-state index contributed by atoms with van der Waals surface area (Å²) in [5.74, 6) is 1.84. The molecule has 35 heavy (non-hydrogen) atoms. The second-order valence-corrected chi connectivity index (χ2v) is 8.81. The summed E-state index contributed by atoms with van der Waals surface area (Å²) in [5, 5.41) is 7.71. The first-order chi connectivity index (χ1) is 17.1. The second kappa shape index (κ2) is 8.90. The van der Waals surface area contributed by atoms with Crippen LogP contribution in [-0.4, -0.2) is 40.4 Å². The molecule has 0 aliphatic carbocycles. The highest BCUT2D eigenvalue weighted by Crippen LogP contribution is 2.33. The fraction of sp³-hybridized carbons (Fsp3) is 0.269. The van der Waals surface area contributed by atoms with E-state index in [9.17, 15) is 9.18 Å². The number of halogens is 1. The van der Waals surface area contributed by atoms with E-state index in [1.807, 2.05) is 24.3 Å². The van der Waals surface area contributed by atoms with Crippen LogP contribution in [-0.2, 0) is 11.3 Å². The van der Waals surface area contributed by atoms with Crippen molar-refractivity contribution in [2.45, 2.75) is 19.4 Å². The average molecular weight is 474 g/mol. The number of nitrogens with zero attached hydrogens (tertiary/aromatic N) is 4. The van der Waals surface area contributed by atoms with Gasteiger partial charge in [0.25, 0.3) is 0 Å². The van der Waals surface area contributed by atoms with Crippen LogP contribution in [0.2, 0.25) is 0 Å². The minimum atomic E-state index is -0.281. The Hall–Kier alpha value is -4.14. The van der Waals surface area contributed by atoms with Crippen LogP contribution in [0.5, 0.6) is 11.5 Å². The number of anilines is 1. The maximum atomic E-state index is 13.3. The first-order valence-electron chi connectivity index (χ1n) is 11.7. The molecule has 2 aromatic carbocycles. The Bertz CT molecular complexity index is 1390. The summed E-state index contributed by atoms with van der Waals surface area (Å²) in [6, 6.07) is 13.9. The first kappa shape index (κ1) is 21.4. The molecule has 1 saturated heterocycles. The van der Waals surface area contributed by atoms with Crippen molar-refractivity contribution in [1.29, 1.82) is 0 Å². The number of carbonyl (C=O) groups is 1. The molecule has 4 aromatic rings. The van der Waals surface area contributed by atoms with E-state index < -0.39 is 0 Å². The molecule has 1 atom stereocenters. The van der Waals surface area contributed by atoms with Gasteiger partial charge in [-0.2, -0.15) is 5.10 Å². The molecule has 2 aromatic heterocycles. The molecule has 1 N–H and O–H groups in total. The first-order valence-corrected chi connectivity index (χ1v) is 11.7. The third-order valence-electron chi connectivity index (χ3n) is 6.50. The zero-order valence-corrected chi connectivity index (χ0v) is 19.0. The van der Waals surface area contributed by atoms with Crippen LogP contribution in [0, 0.1) is 11.7 Å². The topological polar surface area (TPSA) is 81.0 Å². The summed E-state index contributed by atoms with van der Waals surface area (Å²) >= 11 is 0. The van der Waals surface area contributed by atoms with Gasteiger partial charge in [-0.15, -0.1) is 0 Å². The molecule has 9 heteroatoms. The largest absolute Gasteiger partial charge is 0.454 e. The molecule has 1 amide bonds. The number of benzene rings is 2. The van der Waals surface area contributed by atoms with Gasteiger partial charge in [0.1, 0.15) is 11.3 Å². The van der Waals surface area contributed by atoms with Gasteiger partial charge >= 0.3 is 0 Å². The van der Waals surface area contributed by atoms with E-state index in [0.29, 0.717) is 18.8 Å². The maximum Gasteiger partial charge on any atom is 0.231 e. The number of rotatable bonds is 5. The van der Waals surface area contributed by atoms with E-state index in [1.165, 1.54) is 12.1 Å². The molecule has 1 unspecified atom stereocenters. The van der Waals surface area contributed by atoms with Gasteiger partial charge in [0, 0.05) is 37.6 Å². The van der Waals surface area contributed by atoms with E-state index in [1.54, 1.807) is 29.0 Å². The molecule has 0 bridgehead atoms. The number of fused-ring (bicyclic) bond motifs is 2. The summed E-state index contributed by atoms with van der Waals surface area (Å²) < 4.78 is 25.9. The van der Waals surface area contributed by atoms with Crippen molar-refractivity contribution in [3.05, 3.63) is 72.3 Å². The summed E-state index contributed by atoms with van der Waals surface area (Å²) in [6.07, 6.45) is 5.23. The van der Waals surface area contributed by atoms with Gasteiger partial charge in [0.05, 0.1) is 11.6 Å². The number of carbonyl (C=O) groups excluding carboxylic acids is 1. The van der Waals surface area contributed by atoms with Gasteiger partial charge in [-0.3, -0.25) is 4.79 Å². The average Bonchev–Trinajstić information content (AvgIpc) is 3.54. The highest BCUT2D eigenvalue weighted by molar-refractivity contribution is 5.81. The Morgan fingerprint density at radius 3 is 2.86 bits per heavy atom. The van der Waals surface area contributed by atoms with Crippen LogP contribution >= 0.6 is 0 Å². The van der Waals surface area contributed by atoms with Crippen LogP contribution in [0.15, 0.2) is 60.9 Å². The van der Waals surface area contributed by atoms with Gasteiger partial charge in [0.15, 0.2) is 17.3 Å². The molecule has 0 radical (unpaired) electrons. The molecule has 6 rings (SSSR count). The van der Waals surface area contributed by atoms with Crippen molar-refractivity contribution >= 4 is 17.2 Å². The summed E-state index contributed by atoms with van der Waals surface area (Å²) in [7, 11) is 0. The minimum absolute atomic E-state index is 0.0276. The molecule has 2 aliphatic heterocycles. The quantitative estimate of drug-likeness (QED) is 0.475. The summed E-state index contributed by atoms with van der Waals surface area (Å²) in [4.78, 5) is 19.8. The lowest BCUT2D eigenvalue weighted by Gasteiger charge is -2.33. The minimum Gasteiger partial charge on any atom is -0.454 e. The van der Waals surface area contributed by atoms with Crippen molar-refractivity contribution in [1.82, 2.24) is 19.9 Å². The highest BCUT2D eigenvalue weighted by Gasteiger charge is 2.28. The highest BCUT2D eigenvalue weighted by atomic mass is 19.1. The van der Waals surface area contributed by atoms with Crippen molar-refractivity contribution < 1.29 is 18.7 Å². The number of aromatic nitrogens is 3. The van der Waals surface area contributed by atoms with E-state index in [4.69, 9.17) is 9.47 Å². The molecule has 178 valence electrons. The van der Waals surface area contributed by atoms with E-state index in [0.717, 1.165) is 53.3 Å².